The van der Waals surface area contributed by atoms with Crippen molar-refractivity contribution in [2.24, 2.45) is 5.92 Å². The number of nitrogens with zero attached hydrogens (tertiary/aromatic N) is 1. The lowest BCUT2D eigenvalue weighted by molar-refractivity contribution is -0.147. The summed E-state index contributed by atoms with van der Waals surface area (Å²) in [6, 6.07) is 5.14. The minimum atomic E-state index is -3.55. The highest BCUT2D eigenvalue weighted by atomic mass is 32.2. The SMILES string of the molecule is Cc1ccc(S(=O)(=O)N2CCC(C(=O)NCCC(=O)OC(C)C)CC2)cc1C. The number of carbonyl (C=O) groups excluding carboxylic acids is 2. The van der Waals surface area contributed by atoms with Gasteiger partial charge < -0.3 is 10.1 Å². The largest absolute Gasteiger partial charge is 0.463 e. The molecule has 1 aliphatic heterocycles. The first-order valence-electron chi connectivity index (χ1n) is 9.66. The molecule has 1 heterocycles. The number of hydrogen-bond donors (Lipinski definition) is 1. The average Bonchev–Trinajstić information content (AvgIpc) is 2.63. The van der Waals surface area contributed by atoms with Gasteiger partial charge in [-0.3, -0.25) is 9.59 Å². The first kappa shape index (κ1) is 22.4. The first-order chi connectivity index (χ1) is 13.1. The van der Waals surface area contributed by atoms with Gasteiger partial charge >= 0.3 is 5.97 Å². The van der Waals surface area contributed by atoms with Gasteiger partial charge in [-0.15, -0.1) is 0 Å². The van der Waals surface area contributed by atoms with Crippen molar-refractivity contribution < 1.29 is 22.7 Å². The molecule has 0 spiro atoms. The van der Waals surface area contributed by atoms with E-state index in [-0.39, 0.29) is 36.9 Å². The van der Waals surface area contributed by atoms with Crippen LogP contribution in [0.3, 0.4) is 0 Å². The average molecular weight is 411 g/mol. The van der Waals surface area contributed by atoms with E-state index in [1.54, 1.807) is 26.0 Å². The summed E-state index contributed by atoms with van der Waals surface area (Å²) in [4.78, 5) is 24.1. The lowest BCUT2D eigenvalue weighted by Crippen LogP contribution is -2.43. The summed E-state index contributed by atoms with van der Waals surface area (Å²) >= 11 is 0. The van der Waals surface area contributed by atoms with Gasteiger partial charge in [0.25, 0.3) is 0 Å². The molecule has 1 aromatic rings. The van der Waals surface area contributed by atoms with E-state index in [0.29, 0.717) is 30.8 Å². The molecule has 0 unspecified atom stereocenters. The molecule has 1 aromatic carbocycles. The molecule has 0 aromatic heterocycles. The van der Waals surface area contributed by atoms with Gasteiger partial charge in [0.15, 0.2) is 0 Å². The van der Waals surface area contributed by atoms with E-state index < -0.39 is 10.0 Å². The summed E-state index contributed by atoms with van der Waals surface area (Å²) in [5.41, 5.74) is 1.98. The Balaban J connectivity index is 1.85. The van der Waals surface area contributed by atoms with E-state index in [2.05, 4.69) is 5.32 Å². The Morgan fingerprint density at radius 3 is 2.39 bits per heavy atom. The van der Waals surface area contributed by atoms with Gasteiger partial charge in [0, 0.05) is 25.6 Å². The standard InChI is InChI=1S/C20H30N2O5S/c1-14(2)27-19(23)7-10-21-20(24)17-8-11-22(12-9-17)28(25,26)18-6-5-15(3)16(4)13-18/h5-6,13-14,17H,7-12H2,1-4H3,(H,21,24). The fraction of sp³-hybridized carbons (Fsp3) is 0.600. The monoisotopic (exact) mass is 410 g/mol. The van der Waals surface area contributed by atoms with Crippen LogP contribution in [0.4, 0.5) is 0 Å². The molecule has 1 fully saturated rings. The number of carbonyl (C=O) groups is 2. The Morgan fingerprint density at radius 2 is 1.82 bits per heavy atom. The fourth-order valence-corrected chi connectivity index (χ4v) is 4.69. The quantitative estimate of drug-likeness (QED) is 0.696. The predicted octanol–water partition coefficient (Wildman–Crippen LogP) is 2.16. The number of amides is 1. The molecular weight excluding hydrogens is 380 g/mol. The third-order valence-electron chi connectivity index (χ3n) is 4.94. The number of sulfonamides is 1. The van der Waals surface area contributed by atoms with Crippen LogP contribution in [0, 0.1) is 19.8 Å². The fourth-order valence-electron chi connectivity index (χ4n) is 3.14. The summed E-state index contributed by atoms with van der Waals surface area (Å²) in [6.07, 6.45) is 0.884. The van der Waals surface area contributed by atoms with Crippen LogP contribution in [-0.4, -0.2) is 50.3 Å². The second-order valence-electron chi connectivity index (χ2n) is 7.50. The van der Waals surface area contributed by atoms with Crippen LogP contribution >= 0.6 is 0 Å². The zero-order valence-electron chi connectivity index (χ0n) is 17.0. The molecule has 28 heavy (non-hydrogen) atoms. The van der Waals surface area contributed by atoms with Crippen LogP contribution in [0.25, 0.3) is 0 Å². The van der Waals surface area contributed by atoms with Crippen LogP contribution in [0.5, 0.6) is 0 Å². The van der Waals surface area contributed by atoms with Crippen LogP contribution in [0.15, 0.2) is 23.1 Å². The van der Waals surface area contributed by atoms with Crippen molar-refractivity contribution in [1.82, 2.24) is 9.62 Å². The van der Waals surface area contributed by atoms with Gasteiger partial charge in [-0.1, -0.05) is 6.07 Å². The maximum absolute atomic E-state index is 12.8. The summed E-state index contributed by atoms with van der Waals surface area (Å²) in [7, 11) is -3.55. The summed E-state index contributed by atoms with van der Waals surface area (Å²) < 4.78 is 32.1. The van der Waals surface area contributed by atoms with Gasteiger partial charge in [-0.05, 0) is 63.8 Å². The maximum Gasteiger partial charge on any atom is 0.307 e. The number of rotatable bonds is 7. The third kappa shape index (κ3) is 5.78. The van der Waals surface area contributed by atoms with Crippen molar-refractivity contribution in [2.75, 3.05) is 19.6 Å². The number of nitrogens with one attached hydrogen (secondary N) is 1. The number of hydrogen-bond acceptors (Lipinski definition) is 5. The van der Waals surface area contributed by atoms with Crippen molar-refractivity contribution in [3.05, 3.63) is 29.3 Å². The molecule has 1 aliphatic rings. The van der Waals surface area contributed by atoms with Crippen LogP contribution < -0.4 is 5.32 Å². The zero-order chi connectivity index (χ0) is 20.9. The van der Waals surface area contributed by atoms with E-state index >= 15 is 0 Å². The number of aryl methyl sites for hydroxylation is 2. The van der Waals surface area contributed by atoms with E-state index in [4.69, 9.17) is 4.74 Å². The predicted molar refractivity (Wildman–Crippen MR) is 106 cm³/mol. The number of ether oxygens (including phenoxy) is 1. The van der Waals surface area contributed by atoms with Crippen molar-refractivity contribution in [3.63, 3.8) is 0 Å². The molecule has 156 valence electrons. The van der Waals surface area contributed by atoms with Gasteiger partial charge in [0.2, 0.25) is 15.9 Å². The van der Waals surface area contributed by atoms with Crippen molar-refractivity contribution >= 4 is 21.9 Å². The molecule has 0 atom stereocenters. The van der Waals surface area contributed by atoms with Gasteiger partial charge in [-0.2, -0.15) is 4.31 Å². The molecule has 1 amide bonds. The smallest absolute Gasteiger partial charge is 0.307 e. The van der Waals surface area contributed by atoms with Crippen LogP contribution in [0.1, 0.15) is 44.2 Å². The van der Waals surface area contributed by atoms with E-state index in [1.165, 1.54) is 4.31 Å². The van der Waals surface area contributed by atoms with Crippen LogP contribution in [0.2, 0.25) is 0 Å². The first-order valence-corrected chi connectivity index (χ1v) is 11.1. The lowest BCUT2D eigenvalue weighted by Gasteiger charge is -2.30. The Morgan fingerprint density at radius 1 is 1.18 bits per heavy atom. The lowest BCUT2D eigenvalue weighted by atomic mass is 9.97. The van der Waals surface area contributed by atoms with Gasteiger partial charge in [0.05, 0.1) is 17.4 Å². The molecule has 1 N–H and O–H groups in total. The highest BCUT2D eigenvalue weighted by Gasteiger charge is 2.32. The third-order valence-corrected chi connectivity index (χ3v) is 6.83. The highest BCUT2D eigenvalue weighted by molar-refractivity contribution is 7.89. The zero-order valence-corrected chi connectivity index (χ0v) is 17.8. The Hall–Kier alpha value is -1.93. The molecule has 0 radical (unpaired) electrons. The van der Waals surface area contributed by atoms with E-state index in [9.17, 15) is 18.0 Å². The van der Waals surface area contributed by atoms with Crippen molar-refractivity contribution in [3.8, 4) is 0 Å². The van der Waals surface area contributed by atoms with Crippen LogP contribution in [-0.2, 0) is 24.3 Å². The molecule has 8 heteroatoms. The minimum Gasteiger partial charge on any atom is -0.463 e. The Labute approximate surface area is 167 Å². The molecule has 0 saturated carbocycles. The number of piperidine rings is 1. The normalized spacial score (nSPS) is 16.2. The second kappa shape index (κ2) is 9.52. The summed E-state index contributed by atoms with van der Waals surface area (Å²) in [5.74, 6) is -0.725. The van der Waals surface area contributed by atoms with Crippen molar-refractivity contribution in [2.45, 2.75) is 58.0 Å². The maximum atomic E-state index is 12.8. The number of esters is 1. The Bertz CT molecular complexity index is 812. The molecular formula is C20H30N2O5S. The summed E-state index contributed by atoms with van der Waals surface area (Å²) in [6.45, 7) is 8.23. The van der Waals surface area contributed by atoms with E-state index in [0.717, 1.165) is 11.1 Å². The topological polar surface area (TPSA) is 92.8 Å². The molecule has 1 saturated heterocycles. The number of benzene rings is 1. The van der Waals surface area contributed by atoms with E-state index in [1.807, 2.05) is 19.9 Å². The highest BCUT2D eigenvalue weighted by Crippen LogP contribution is 2.25. The van der Waals surface area contributed by atoms with Gasteiger partial charge in [0.1, 0.15) is 0 Å². The molecule has 0 bridgehead atoms. The van der Waals surface area contributed by atoms with Gasteiger partial charge in [-0.25, -0.2) is 8.42 Å². The Kier molecular flexibility index (Phi) is 7.60. The minimum absolute atomic E-state index is 0.129. The molecule has 2 rings (SSSR count). The second-order valence-corrected chi connectivity index (χ2v) is 9.44. The molecule has 0 aliphatic carbocycles. The van der Waals surface area contributed by atoms with Crippen molar-refractivity contribution in [1.29, 1.82) is 0 Å². The molecule has 7 nitrogen and oxygen atoms in total. The summed E-state index contributed by atoms with van der Waals surface area (Å²) in [5, 5.41) is 2.75.